The lowest BCUT2D eigenvalue weighted by Gasteiger charge is -2.29. The minimum Gasteiger partial charge on any atom is -0.495 e. The number of fused-ring (bicyclic) bond motifs is 1. The number of aliphatic hydroxyl groups excluding tert-OH is 1. The molecule has 0 saturated carbocycles. The van der Waals surface area contributed by atoms with Crippen LogP contribution in [-0.2, 0) is 11.2 Å². The largest absolute Gasteiger partial charge is 0.495 e. The van der Waals surface area contributed by atoms with Crippen molar-refractivity contribution in [1.82, 2.24) is 14.8 Å². The van der Waals surface area contributed by atoms with E-state index >= 15 is 0 Å². The summed E-state index contributed by atoms with van der Waals surface area (Å²) in [5.74, 6) is 1.36. The van der Waals surface area contributed by atoms with Crippen LogP contribution < -0.4 is 15.4 Å². The van der Waals surface area contributed by atoms with E-state index in [0.717, 1.165) is 5.56 Å². The van der Waals surface area contributed by atoms with Crippen LogP contribution in [0.2, 0.25) is 5.02 Å². The number of carbonyl (C=O) groups is 1. The first-order chi connectivity index (χ1) is 15.5. The Morgan fingerprint density at radius 1 is 1.25 bits per heavy atom. The first kappa shape index (κ1) is 21.9. The summed E-state index contributed by atoms with van der Waals surface area (Å²) in [5, 5.41) is 20.5. The molecule has 0 unspecified atom stereocenters. The third kappa shape index (κ3) is 4.19. The number of anilines is 2. The molecule has 2 heterocycles. The highest BCUT2D eigenvalue weighted by atomic mass is 35.5. The lowest BCUT2D eigenvalue weighted by atomic mass is 9.95. The molecule has 2 aromatic carbocycles. The Balaban J connectivity index is 1.78. The Morgan fingerprint density at radius 2 is 2.00 bits per heavy atom. The molecule has 1 aliphatic heterocycles. The first-order valence-electron chi connectivity index (χ1n) is 10.3. The normalized spacial score (nSPS) is 15.2. The van der Waals surface area contributed by atoms with Gasteiger partial charge in [0, 0.05) is 29.3 Å². The van der Waals surface area contributed by atoms with Crippen LogP contribution in [0.4, 0.5) is 11.6 Å². The molecule has 1 amide bonds. The number of nitrogens with zero attached hydrogens (tertiary/aromatic N) is 3. The number of amides is 1. The topological polar surface area (TPSA) is 101 Å². The fourth-order valence-corrected chi connectivity index (χ4v) is 3.99. The van der Waals surface area contributed by atoms with Gasteiger partial charge >= 0.3 is 0 Å². The van der Waals surface area contributed by atoms with Gasteiger partial charge in [-0.15, -0.1) is 0 Å². The van der Waals surface area contributed by atoms with Gasteiger partial charge in [-0.2, -0.15) is 10.1 Å². The first-order valence-corrected chi connectivity index (χ1v) is 10.6. The highest BCUT2D eigenvalue weighted by Crippen LogP contribution is 2.39. The fourth-order valence-electron chi connectivity index (χ4n) is 3.75. The number of aromatic nitrogens is 3. The molecule has 3 aromatic rings. The number of ether oxygens (including phenoxy) is 1. The molecular formula is C23H24ClN5O3. The molecule has 0 radical (unpaired) electrons. The maximum atomic E-state index is 13.5. The third-order valence-electron chi connectivity index (χ3n) is 5.25. The average Bonchev–Trinajstić information content (AvgIpc) is 3.19. The highest BCUT2D eigenvalue weighted by Gasteiger charge is 2.35. The molecule has 8 nitrogen and oxygen atoms in total. The maximum absolute atomic E-state index is 13.5. The Hall–Kier alpha value is -3.36. The van der Waals surface area contributed by atoms with E-state index in [0.29, 0.717) is 52.3 Å². The number of rotatable bonds is 7. The lowest BCUT2D eigenvalue weighted by Crippen LogP contribution is -2.31. The summed E-state index contributed by atoms with van der Waals surface area (Å²) in [7, 11) is 1.56. The Labute approximate surface area is 190 Å². The number of halogens is 1. The molecule has 0 bridgehead atoms. The van der Waals surface area contributed by atoms with Gasteiger partial charge in [0.05, 0.1) is 18.4 Å². The molecule has 32 heavy (non-hydrogen) atoms. The van der Waals surface area contributed by atoms with Crippen molar-refractivity contribution in [1.29, 1.82) is 0 Å². The molecular weight excluding hydrogens is 430 g/mol. The number of allylic oxidation sites excluding steroid dienone is 1. The van der Waals surface area contributed by atoms with E-state index in [1.54, 1.807) is 30.0 Å². The number of benzene rings is 2. The van der Waals surface area contributed by atoms with Gasteiger partial charge in [0.15, 0.2) is 5.82 Å². The van der Waals surface area contributed by atoms with Crippen LogP contribution in [0.5, 0.6) is 5.75 Å². The number of nitrogens with one attached hydrogen (secondary N) is 2. The molecule has 1 atom stereocenters. The quantitative estimate of drug-likeness (QED) is 0.503. The number of aryl methyl sites for hydroxylation is 1. The SMILES string of the molecule is COc1ccccc1NC(=O)C1=C(C)Nc2nc(CCCO)nn2[C@H]1c1ccccc1Cl. The minimum atomic E-state index is -0.579. The summed E-state index contributed by atoms with van der Waals surface area (Å²) in [6.07, 6.45) is 1.07. The number of para-hydroxylation sites is 2. The van der Waals surface area contributed by atoms with E-state index in [1.807, 2.05) is 37.3 Å². The predicted molar refractivity (Wildman–Crippen MR) is 123 cm³/mol. The van der Waals surface area contributed by atoms with Crippen molar-refractivity contribution >= 4 is 29.1 Å². The van der Waals surface area contributed by atoms with Crippen molar-refractivity contribution in [3.63, 3.8) is 0 Å². The molecule has 0 aliphatic carbocycles. The summed E-state index contributed by atoms with van der Waals surface area (Å²) >= 11 is 6.55. The number of hydrogen-bond donors (Lipinski definition) is 3. The maximum Gasteiger partial charge on any atom is 0.255 e. The summed E-state index contributed by atoms with van der Waals surface area (Å²) < 4.78 is 7.05. The van der Waals surface area contributed by atoms with Gasteiger partial charge in [-0.25, -0.2) is 4.68 Å². The zero-order valence-electron chi connectivity index (χ0n) is 17.8. The van der Waals surface area contributed by atoms with Crippen LogP contribution in [0.3, 0.4) is 0 Å². The minimum absolute atomic E-state index is 0.0507. The standard InChI is InChI=1S/C23H24ClN5O3/c1-14-20(22(31)26-17-10-5-6-11-18(17)32-2)21(15-8-3-4-9-16(15)24)29-23(25-14)27-19(28-29)12-7-13-30/h3-6,8-11,21,30H,7,12-13H2,1-2H3,(H,26,31)(H,25,27,28)/t21-/m0/s1. The van der Waals surface area contributed by atoms with Gasteiger partial charge in [-0.05, 0) is 31.5 Å². The number of hydrogen-bond acceptors (Lipinski definition) is 6. The van der Waals surface area contributed by atoms with Crippen molar-refractivity contribution in [3.8, 4) is 5.75 Å². The Morgan fingerprint density at radius 3 is 2.75 bits per heavy atom. The summed E-state index contributed by atoms with van der Waals surface area (Å²) in [5.41, 5.74) is 2.41. The second-order valence-electron chi connectivity index (χ2n) is 7.37. The average molecular weight is 454 g/mol. The number of methoxy groups -OCH3 is 1. The molecule has 3 N–H and O–H groups in total. The number of aliphatic hydroxyl groups is 1. The van der Waals surface area contributed by atoms with Gasteiger partial charge in [-0.1, -0.05) is 41.9 Å². The highest BCUT2D eigenvalue weighted by molar-refractivity contribution is 6.31. The van der Waals surface area contributed by atoms with Crippen molar-refractivity contribution in [3.05, 3.63) is 76.2 Å². The van der Waals surface area contributed by atoms with Crippen LogP contribution >= 0.6 is 11.6 Å². The van der Waals surface area contributed by atoms with Crippen LogP contribution in [-0.4, -0.2) is 39.5 Å². The Bertz CT molecular complexity index is 1170. The van der Waals surface area contributed by atoms with Crippen LogP contribution in [0.15, 0.2) is 59.8 Å². The van der Waals surface area contributed by atoms with Crippen molar-refractivity contribution in [2.24, 2.45) is 0 Å². The molecule has 1 aliphatic rings. The molecule has 4 rings (SSSR count). The van der Waals surface area contributed by atoms with Crippen molar-refractivity contribution in [2.45, 2.75) is 25.8 Å². The van der Waals surface area contributed by atoms with E-state index in [4.69, 9.17) is 21.4 Å². The molecule has 1 aromatic heterocycles. The zero-order chi connectivity index (χ0) is 22.7. The smallest absolute Gasteiger partial charge is 0.255 e. The molecule has 9 heteroatoms. The van der Waals surface area contributed by atoms with E-state index in [-0.39, 0.29) is 12.5 Å². The van der Waals surface area contributed by atoms with Gasteiger partial charge in [-0.3, -0.25) is 4.79 Å². The zero-order valence-corrected chi connectivity index (χ0v) is 18.6. The van der Waals surface area contributed by atoms with Crippen molar-refractivity contribution in [2.75, 3.05) is 24.4 Å². The summed E-state index contributed by atoms with van der Waals surface area (Å²) in [6.45, 7) is 1.88. The van der Waals surface area contributed by atoms with E-state index < -0.39 is 6.04 Å². The monoisotopic (exact) mass is 453 g/mol. The Kier molecular flexibility index (Phi) is 6.43. The van der Waals surface area contributed by atoms with Gasteiger partial charge in [0.2, 0.25) is 5.95 Å². The fraction of sp³-hybridized carbons (Fsp3) is 0.261. The van der Waals surface area contributed by atoms with E-state index in [1.165, 1.54) is 0 Å². The van der Waals surface area contributed by atoms with Gasteiger partial charge < -0.3 is 20.5 Å². The molecule has 166 valence electrons. The second-order valence-corrected chi connectivity index (χ2v) is 7.77. The molecule has 0 spiro atoms. The number of carbonyl (C=O) groups excluding carboxylic acids is 1. The lowest BCUT2D eigenvalue weighted by molar-refractivity contribution is -0.113. The van der Waals surface area contributed by atoms with Crippen molar-refractivity contribution < 1.29 is 14.6 Å². The second kappa shape index (κ2) is 9.42. The van der Waals surface area contributed by atoms with Gasteiger partial charge in [0.25, 0.3) is 5.91 Å². The summed E-state index contributed by atoms with van der Waals surface area (Å²) in [4.78, 5) is 18.1. The molecule has 0 saturated heterocycles. The van der Waals surface area contributed by atoms with Crippen LogP contribution in [0.25, 0.3) is 0 Å². The van der Waals surface area contributed by atoms with E-state index in [9.17, 15) is 4.79 Å². The van der Waals surface area contributed by atoms with E-state index in [2.05, 4.69) is 20.7 Å². The van der Waals surface area contributed by atoms with Crippen LogP contribution in [0, 0.1) is 0 Å². The molecule has 0 fully saturated rings. The van der Waals surface area contributed by atoms with Gasteiger partial charge in [0.1, 0.15) is 11.8 Å². The predicted octanol–water partition coefficient (Wildman–Crippen LogP) is 3.79. The van der Waals surface area contributed by atoms with Crippen LogP contribution in [0.1, 0.15) is 30.8 Å². The third-order valence-corrected chi connectivity index (χ3v) is 5.60. The summed E-state index contributed by atoms with van der Waals surface area (Å²) in [6, 6.07) is 14.0.